The molecule has 1 heterocycles. The molecule has 7 heteroatoms. The van der Waals surface area contributed by atoms with Gasteiger partial charge in [-0.2, -0.15) is 11.8 Å². The van der Waals surface area contributed by atoms with Crippen LogP contribution in [0.15, 0.2) is 48.5 Å². The maximum Gasteiger partial charge on any atom is 0.258 e. The molecule has 0 radical (unpaired) electrons. The van der Waals surface area contributed by atoms with Gasteiger partial charge in [0.05, 0.1) is 17.1 Å². The number of para-hydroxylation sites is 2. The Labute approximate surface area is 155 Å². The summed E-state index contributed by atoms with van der Waals surface area (Å²) in [7, 11) is 0. The van der Waals surface area contributed by atoms with Crippen LogP contribution in [0.1, 0.15) is 18.3 Å². The minimum absolute atomic E-state index is 0.181. The number of nitrogens with zero attached hydrogens (tertiary/aromatic N) is 1. The van der Waals surface area contributed by atoms with Crippen molar-refractivity contribution in [2.24, 2.45) is 0 Å². The summed E-state index contributed by atoms with van der Waals surface area (Å²) < 4.78 is 18.5. The number of nitrogens with one attached hydrogen (secondary N) is 2. The van der Waals surface area contributed by atoms with E-state index in [1.54, 1.807) is 17.8 Å². The minimum atomic E-state index is -0.400. The fourth-order valence-corrected chi connectivity index (χ4v) is 3.06. The number of aromatic amines is 1. The van der Waals surface area contributed by atoms with Crippen LogP contribution in [0.2, 0.25) is 0 Å². The zero-order valence-electron chi connectivity index (χ0n) is 14.4. The molecule has 3 aromatic rings. The molecule has 0 aliphatic heterocycles. The van der Waals surface area contributed by atoms with Crippen LogP contribution in [0.4, 0.5) is 4.39 Å². The topological polar surface area (TPSA) is 67.0 Å². The molecule has 2 aromatic carbocycles. The van der Waals surface area contributed by atoms with E-state index in [2.05, 4.69) is 15.3 Å². The fourth-order valence-electron chi connectivity index (χ4n) is 2.59. The zero-order valence-corrected chi connectivity index (χ0v) is 15.2. The summed E-state index contributed by atoms with van der Waals surface area (Å²) in [5.74, 6) is 1.25. The standard InChI is InChI=1S/C19H20FN3O2S/c1-26-10-9-17(19-22-15-7-2-3-8-16(15)23-19)21-18(24)12-25-14-6-4-5-13(20)11-14/h2-8,11,17H,9-10,12H2,1H3,(H,21,24)(H,22,23)/t17-/m0/s1. The van der Waals surface area contributed by atoms with Gasteiger partial charge in [-0.25, -0.2) is 9.37 Å². The van der Waals surface area contributed by atoms with Gasteiger partial charge in [-0.05, 0) is 42.7 Å². The number of fused-ring (bicyclic) bond motifs is 1. The highest BCUT2D eigenvalue weighted by Gasteiger charge is 2.18. The maximum absolute atomic E-state index is 13.2. The van der Waals surface area contributed by atoms with Gasteiger partial charge in [0, 0.05) is 6.07 Å². The van der Waals surface area contributed by atoms with Crippen LogP contribution < -0.4 is 10.1 Å². The Hall–Kier alpha value is -2.54. The fraction of sp³-hybridized carbons (Fsp3) is 0.263. The van der Waals surface area contributed by atoms with Crippen molar-refractivity contribution in [3.8, 4) is 5.75 Å². The van der Waals surface area contributed by atoms with E-state index in [9.17, 15) is 9.18 Å². The summed E-state index contributed by atoms with van der Waals surface area (Å²) in [5.41, 5.74) is 1.80. The van der Waals surface area contributed by atoms with E-state index in [1.807, 2.05) is 30.5 Å². The Morgan fingerprint density at radius 1 is 1.31 bits per heavy atom. The van der Waals surface area contributed by atoms with Crippen LogP contribution in [0.5, 0.6) is 5.75 Å². The number of rotatable bonds is 8. The number of aromatic nitrogens is 2. The molecule has 0 saturated carbocycles. The number of imidazole rings is 1. The van der Waals surface area contributed by atoms with Gasteiger partial charge in [0.15, 0.2) is 6.61 Å². The first-order chi connectivity index (χ1) is 12.7. The van der Waals surface area contributed by atoms with Crippen LogP contribution in [0, 0.1) is 5.82 Å². The van der Waals surface area contributed by atoms with Gasteiger partial charge in [0.1, 0.15) is 17.4 Å². The molecule has 136 valence electrons. The number of ether oxygens (including phenoxy) is 1. The number of H-pyrrole nitrogens is 1. The third kappa shape index (κ3) is 4.76. The van der Waals surface area contributed by atoms with Crippen molar-refractivity contribution in [3.05, 3.63) is 60.2 Å². The highest BCUT2D eigenvalue weighted by atomic mass is 32.2. The van der Waals surface area contributed by atoms with Gasteiger partial charge in [0.25, 0.3) is 5.91 Å². The summed E-state index contributed by atoms with van der Waals surface area (Å²) in [6.45, 7) is -0.181. The van der Waals surface area contributed by atoms with Crippen molar-refractivity contribution in [1.82, 2.24) is 15.3 Å². The molecule has 0 spiro atoms. The van der Waals surface area contributed by atoms with Gasteiger partial charge in [-0.3, -0.25) is 4.79 Å². The van der Waals surface area contributed by atoms with Crippen LogP contribution in [0.3, 0.4) is 0 Å². The summed E-state index contributed by atoms with van der Waals surface area (Å²) in [6, 6.07) is 13.2. The van der Waals surface area contributed by atoms with Crippen molar-refractivity contribution in [2.75, 3.05) is 18.6 Å². The second-order valence-corrected chi connectivity index (χ2v) is 6.77. The molecule has 1 amide bonds. The number of hydrogen-bond acceptors (Lipinski definition) is 4. The van der Waals surface area contributed by atoms with E-state index >= 15 is 0 Å². The lowest BCUT2D eigenvalue weighted by Crippen LogP contribution is -2.33. The van der Waals surface area contributed by atoms with E-state index in [4.69, 9.17) is 4.74 Å². The molecule has 0 unspecified atom stereocenters. The largest absolute Gasteiger partial charge is 0.484 e. The van der Waals surface area contributed by atoms with Crippen molar-refractivity contribution in [3.63, 3.8) is 0 Å². The monoisotopic (exact) mass is 373 g/mol. The Kier molecular flexibility index (Phi) is 6.12. The van der Waals surface area contributed by atoms with E-state index in [0.29, 0.717) is 5.75 Å². The van der Waals surface area contributed by atoms with E-state index in [0.717, 1.165) is 29.0 Å². The molecule has 5 nitrogen and oxygen atoms in total. The lowest BCUT2D eigenvalue weighted by atomic mass is 10.2. The second-order valence-electron chi connectivity index (χ2n) is 5.79. The average molecular weight is 373 g/mol. The van der Waals surface area contributed by atoms with Gasteiger partial charge in [-0.15, -0.1) is 0 Å². The Morgan fingerprint density at radius 2 is 2.15 bits per heavy atom. The predicted octanol–water partition coefficient (Wildman–Crippen LogP) is 3.69. The van der Waals surface area contributed by atoms with E-state index < -0.39 is 5.82 Å². The number of carbonyl (C=O) groups excluding carboxylic acids is 1. The molecule has 0 fully saturated rings. The smallest absolute Gasteiger partial charge is 0.258 e. The Morgan fingerprint density at radius 3 is 2.92 bits per heavy atom. The molecule has 0 saturated heterocycles. The summed E-state index contributed by atoms with van der Waals surface area (Å²) in [6.07, 6.45) is 2.76. The summed E-state index contributed by atoms with van der Waals surface area (Å²) in [4.78, 5) is 20.1. The number of hydrogen-bond donors (Lipinski definition) is 2. The highest BCUT2D eigenvalue weighted by molar-refractivity contribution is 7.98. The van der Waals surface area contributed by atoms with Crippen LogP contribution in [0.25, 0.3) is 11.0 Å². The number of halogens is 1. The van der Waals surface area contributed by atoms with Gasteiger partial charge < -0.3 is 15.0 Å². The third-order valence-electron chi connectivity index (χ3n) is 3.85. The van der Waals surface area contributed by atoms with Crippen molar-refractivity contribution >= 4 is 28.7 Å². The molecule has 3 rings (SSSR count). The highest BCUT2D eigenvalue weighted by Crippen LogP contribution is 2.20. The lowest BCUT2D eigenvalue weighted by molar-refractivity contribution is -0.123. The van der Waals surface area contributed by atoms with Crippen LogP contribution in [-0.4, -0.2) is 34.5 Å². The maximum atomic E-state index is 13.2. The van der Waals surface area contributed by atoms with Gasteiger partial charge in [-0.1, -0.05) is 18.2 Å². The van der Waals surface area contributed by atoms with Crippen molar-refractivity contribution in [2.45, 2.75) is 12.5 Å². The van der Waals surface area contributed by atoms with Crippen LogP contribution in [-0.2, 0) is 4.79 Å². The SMILES string of the molecule is CSCC[C@H](NC(=O)COc1cccc(F)c1)c1nc2ccccc2[nH]1. The molecule has 1 atom stereocenters. The predicted molar refractivity (Wildman–Crippen MR) is 102 cm³/mol. The van der Waals surface area contributed by atoms with Crippen LogP contribution >= 0.6 is 11.8 Å². The quantitative estimate of drug-likeness (QED) is 0.632. The molecule has 0 aliphatic carbocycles. The first kappa shape index (κ1) is 18.3. The lowest BCUT2D eigenvalue weighted by Gasteiger charge is -2.16. The van der Waals surface area contributed by atoms with E-state index in [-0.39, 0.29) is 18.6 Å². The molecule has 1 aromatic heterocycles. The number of thioether (sulfide) groups is 1. The second kappa shape index (κ2) is 8.71. The minimum Gasteiger partial charge on any atom is -0.484 e. The van der Waals surface area contributed by atoms with Crippen molar-refractivity contribution in [1.29, 1.82) is 0 Å². The van der Waals surface area contributed by atoms with Crippen molar-refractivity contribution < 1.29 is 13.9 Å². The summed E-state index contributed by atoms with van der Waals surface area (Å²) in [5, 5.41) is 2.95. The first-order valence-electron chi connectivity index (χ1n) is 8.27. The molecule has 0 aliphatic rings. The molecule has 2 N–H and O–H groups in total. The van der Waals surface area contributed by atoms with Gasteiger partial charge in [0.2, 0.25) is 0 Å². The summed E-state index contributed by atoms with van der Waals surface area (Å²) >= 11 is 1.70. The van der Waals surface area contributed by atoms with Gasteiger partial charge >= 0.3 is 0 Å². The third-order valence-corrected chi connectivity index (χ3v) is 4.49. The molecular formula is C19H20FN3O2S. The molecule has 0 bridgehead atoms. The number of carbonyl (C=O) groups is 1. The Bertz CT molecular complexity index is 851. The van der Waals surface area contributed by atoms with E-state index in [1.165, 1.54) is 18.2 Å². The Balaban J connectivity index is 1.66. The molecule has 26 heavy (non-hydrogen) atoms. The first-order valence-corrected chi connectivity index (χ1v) is 9.66. The zero-order chi connectivity index (χ0) is 18.4. The average Bonchev–Trinajstić information content (AvgIpc) is 3.07. The number of amides is 1. The number of benzene rings is 2. The normalized spacial score (nSPS) is 12.1. The molecular weight excluding hydrogens is 353 g/mol.